The van der Waals surface area contributed by atoms with Gasteiger partial charge in [0.15, 0.2) is 0 Å². The molecule has 0 heterocycles. The van der Waals surface area contributed by atoms with Gasteiger partial charge in [-0.3, -0.25) is 0 Å². The molecule has 0 nitrogen and oxygen atoms in total. The molecule has 0 spiro atoms. The normalized spacial score (nSPS) is 13.6. The molecule has 29 heavy (non-hydrogen) atoms. The van der Waals surface area contributed by atoms with Crippen molar-refractivity contribution in [2.24, 2.45) is 0 Å². The van der Waals surface area contributed by atoms with Crippen LogP contribution in [0.5, 0.6) is 0 Å². The van der Waals surface area contributed by atoms with Gasteiger partial charge in [-0.05, 0) is 0 Å². The van der Waals surface area contributed by atoms with Crippen molar-refractivity contribution in [2.45, 2.75) is 24.4 Å². The Labute approximate surface area is 175 Å². The number of benzene rings is 4. The molecule has 1 heteroatoms. The topological polar surface area (TPSA) is 0 Å². The van der Waals surface area contributed by atoms with Crippen molar-refractivity contribution in [2.75, 3.05) is 0 Å². The van der Waals surface area contributed by atoms with Gasteiger partial charge in [-0.25, -0.2) is 0 Å². The van der Waals surface area contributed by atoms with Gasteiger partial charge in [0.25, 0.3) is 0 Å². The van der Waals surface area contributed by atoms with Gasteiger partial charge in [-0.1, -0.05) is 0 Å². The third-order valence-electron chi connectivity index (χ3n) is 7.05. The molecule has 4 aromatic carbocycles. The molecule has 2 aliphatic carbocycles. The van der Waals surface area contributed by atoms with Crippen LogP contribution in [-0.2, 0) is 12.8 Å². The summed E-state index contributed by atoms with van der Waals surface area (Å²) in [4.78, 5) is 0. The summed E-state index contributed by atoms with van der Waals surface area (Å²) in [6.45, 7) is 0. The predicted molar refractivity (Wildman–Crippen MR) is 126 cm³/mol. The fourth-order valence-corrected chi connectivity index (χ4v) is 12.5. The number of rotatable bonds is 2. The van der Waals surface area contributed by atoms with Gasteiger partial charge in [-0.15, -0.1) is 0 Å². The summed E-state index contributed by atoms with van der Waals surface area (Å²) < 4.78 is 3.31. The van der Waals surface area contributed by atoms with E-state index in [-0.39, 0.29) is 0 Å². The van der Waals surface area contributed by atoms with Crippen LogP contribution >= 0.6 is 0 Å². The van der Waals surface area contributed by atoms with Crippen molar-refractivity contribution in [1.29, 1.82) is 0 Å². The van der Waals surface area contributed by atoms with Crippen LogP contribution in [-0.4, -0.2) is 13.3 Å². The summed E-state index contributed by atoms with van der Waals surface area (Å²) in [6, 6.07) is 32.0. The van der Waals surface area contributed by atoms with Crippen LogP contribution in [0, 0.1) is 0 Å². The van der Waals surface area contributed by atoms with Crippen molar-refractivity contribution >= 4 is 22.1 Å². The zero-order valence-electron chi connectivity index (χ0n) is 17.0. The summed E-state index contributed by atoms with van der Waals surface area (Å²) in [5.74, 6) is 5.19. The zero-order chi connectivity index (χ0) is 19.6. The van der Waals surface area contributed by atoms with E-state index >= 15 is 0 Å². The Morgan fingerprint density at radius 3 is 1.38 bits per heavy atom. The Hall–Kier alpha value is -2.58. The fraction of sp³-hybridized carbons (Fsp3) is 0.143. The van der Waals surface area contributed by atoms with Crippen LogP contribution < -0.4 is 8.79 Å². The molecule has 6 rings (SSSR count). The summed E-state index contributed by atoms with van der Waals surface area (Å²) in [7, 11) is 0. The molecular weight excluding hydrogens is 409 g/mol. The van der Waals surface area contributed by atoms with E-state index in [2.05, 4.69) is 96.4 Å². The molecule has 2 aliphatic rings. The van der Waals surface area contributed by atoms with E-state index < -0.39 is 13.3 Å². The molecule has 0 N–H and O–H groups in total. The van der Waals surface area contributed by atoms with Crippen LogP contribution in [0.3, 0.4) is 0 Å². The Kier molecular flexibility index (Phi) is 3.70. The van der Waals surface area contributed by atoms with Gasteiger partial charge in [0.2, 0.25) is 0 Å². The summed E-state index contributed by atoms with van der Waals surface area (Å²) in [5.41, 5.74) is 12.0. The molecule has 0 aliphatic heterocycles. The van der Waals surface area contributed by atoms with E-state index in [0.29, 0.717) is 0 Å². The van der Waals surface area contributed by atoms with Gasteiger partial charge < -0.3 is 0 Å². The molecule has 0 unspecified atom stereocenters. The first-order valence-corrected chi connectivity index (χ1v) is 16.9. The average Bonchev–Trinajstić information content (AvgIpc) is 3.31. The second-order valence-electron chi connectivity index (χ2n) is 8.96. The van der Waals surface area contributed by atoms with Gasteiger partial charge in [-0.2, -0.15) is 0 Å². The van der Waals surface area contributed by atoms with Crippen molar-refractivity contribution in [3.05, 3.63) is 107 Å². The minimum absolute atomic E-state index is 1.09. The molecule has 0 saturated heterocycles. The Morgan fingerprint density at radius 2 is 0.897 bits per heavy atom. The summed E-state index contributed by atoms with van der Waals surface area (Å²) in [6.07, 6.45) is 2.18. The molecule has 4 aromatic rings. The maximum absolute atomic E-state index is 2.59. The molecule has 0 bridgehead atoms. The fourth-order valence-electron chi connectivity index (χ4n) is 5.63. The van der Waals surface area contributed by atoms with E-state index in [1.54, 1.807) is 19.9 Å². The van der Waals surface area contributed by atoms with E-state index in [1.165, 1.54) is 33.4 Å². The van der Waals surface area contributed by atoms with E-state index in [4.69, 9.17) is 0 Å². The van der Waals surface area contributed by atoms with E-state index in [1.807, 2.05) is 0 Å². The van der Waals surface area contributed by atoms with Crippen molar-refractivity contribution in [1.82, 2.24) is 0 Å². The number of hydrogen-bond donors (Lipinski definition) is 0. The van der Waals surface area contributed by atoms with Gasteiger partial charge in [0.05, 0.1) is 0 Å². The molecule has 0 amide bonds. The third kappa shape index (κ3) is 2.45. The number of hydrogen-bond acceptors (Lipinski definition) is 0. The molecule has 0 aromatic heterocycles. The van der Waals surface area contributed by atoms with Crippen molar-refractivity contribution in [3.63, 3.8) is 0 Å². The van der Waals surface area contributed by atoms with Crippen LogP contribution in [0.2, 0.25) is 11.5 Å². The van der Waals surface area contributed by atoms with Gasteiger partial charge in [0.1, 0.15) is 0 Å². The first kappa shape index (κ1) is 17.3. The third-order valence-corrected chi connectivity index (χ3v) is 14.7. The maximum atomic E-state index is 2.59. The molecular formula is C28H24Ge. The molecule has 0 atom stereocenters. The standard InChI is InChI=1S/C28H24Ge/c1-29(2,27-15-7-13-23-21-11-5-3-9-19(21)17-25(23)27)28-16-8-14-24-22-12-6-4-10-20(22)18-26(24)28/h3-16H,17-18H2,1-2H3. The number of fused-ring (bicyclic) bond motifs is 6. The Morgan fingerprint density at radius 1 is 0.483 bits per heavy atom. The van der Waals surface area contributed by atoms with Crippen LogP contribution in [0.15, 0.2) is 84.9 Å². The van der Waals surface area contributed by atoms with E-state index in [0.717, 1.165) is 12.8 Å². The second-order valence-corrected chi connectivity index (χ2v) is 18.0. The molecule has 0 saturated carbocycles. The van der Waals surface area contributed by atoms with Crippen molar-refractivity contribution in [3.8, 4) is 22.3 Å². The Bertz CT molecular complexity index is 1180. The van der Waals surface area contributed by atoms with Crippen LogP contribution in [0.4, 0.5) is 0 Å². The van der Waals surface area contributed by atoms with Crippen LogP contribution in [0.25, 0.3) is 22.3 Å². The minimum atomic E-state index is -2.48. The zero-order valence-corrected chi connectivity index (χ0v) is 19.1. The Balaban J connectivity index is 1.53. The monoisotopic (exact) mass is 434 g/mol. The molecule has 140 valence electrons. The predicted octanol–water partition coefficient (Wildman–Crippen LogP) is 5.65. The quantitative estimate of drug-likeness (QED) is 0.310. The summed E-state index contributed by atoms with van der Waals surface area (Å²) in [5, 5.41) is 0. The van der Waals surface area contributed by atoms with Gasteiger partial charge >= 0.3 is 176 Å². The first-order valence-electron chi connectivity index (χ1n) is 10.6. The molecule has 0 fully saturated rings. The average molecular weight is 433 g/mol. The second kappa shape index (κ2) is 6.21. The van der Waals surface area contributed by atoms with E-state index in [9.17, 15) is 0 Å². The van der Waals surface area contributed by atoms with Crippen molar-refractivity contribution < 1.29 is 0 Å². The first-order chi connectivity index (χ1) is 14.1. The van der Waals surface area contributed by atoms with Crippen LogP contribution in [0.1, 0.15) is 22.3 Å². The van der Waals surface area contributed by atoms with Gasteiger partial charge in [0, 0.05) is 0 Å². The SMILES string of the molecule is [CH3][Ge]([CH3])([c]1cccc2c1Cc1ccccc1-2)[c]1cccc2c1Cc1ccccc1-2. The molecule has 0 radical (unpaired) electrons. The summed E-state index contributed by atoms with van der Waals surface area (Å²) >= 11 is -2.48.